The summed E-state index contributed by atoms with van der Waals surface area (Å²) >= 11 is 0. The van der Waals surface area contributed by atoms with Gasteiger partial charge in [-0.2, -0.15) is 0 Å². The highest BCUT2D eigenvalue weighted by atomic mass is 35.5. The van der Waals surface area contributed by atoms with Crippen molar-refractivity contribution in [3.63, 3.8) is 0 Å². The van der Waals surface area contributed by atoms with Crippen molar-refractivity contribution < 1.29 is 9.53 Å². The van der Waals surface area contributed by atoms with E-state index < -0.39 is 0 Å². The number of carbonyl (C=O) groups excluding carboxylic acids is 1. The topological polar surface area (TPSA) is 32.8 Å². The highest BCUT2D eigenvalue weighted by molar-refractivity contribution is 5.85. The van der Waals surface area contributed by atoms with Crippen LogP contribution in [0.2, 0.25) is 0 Å². The van der Waals surface area contributed by atoms with Crippen LogP contribution >= 0.6 is 12.4 Å². The van der Waals surface area contributed by atoms with Gasteiger partial charge < -0.3 is 14.5 Å². The highest BCUT2D eigenvalue weighted by Crippen LogP contribution is 2.35. The van der Waals surface area contributed by atoms with Crippen molar-refractivity contribution in [2.24, 2.45) is 17.8 Å². The third-order valence-electron chi connectivity index (χ3n) is 5.72. The first-order valence-electron chi connectivity index (χ1n) is 10.3. The Morgan fingerprint density at radius 2 is 1.79 bits per heavy atom. The molecule has 2 rings (SSSR count). The fourth-order valence-corrected chi connectivity index (χ4v) is 4.15. The van der Waals surface area contributed by atoms with E-state index in [9.17, 15) is 4.79 Å². The molecule has 1 aliphatic carbocycles. The van der Waals surface area contributed by atoms with Crippen molar-refractivity contribution in [1.29, 1.82) is 0 Å². The second-order valence-corrected chi connectivity index (χ2v) is 8.98. The average Bonchev–Trinajstić information content (AvgIpc) is 2.59. The van der Waals surface area contributed by atoms with Gasteiger partial charge in [-0.25, -0.2) is 0 Å². The summed E-state index contributed by atoms with van der Waals surface area (Å²) in [5.74, 6) is 1.93. The summed E-state index contributed by atoms with van der Waals surface area (Å²) in [4.78, 5) is 16.5. The Balaban J connectivity index is 0.00000392. The Kier molecular flexibility index (Phi) is 10.5. The van der Waals surface area contributed by atoms with Crippen molar-refractivity contribution >= 4 is 18.3 Å². The van der Waals surface area contributed by atoms with Crippen LogP contribution in [0.5, 0.6) is 0 Å². The van der Waals surface area contributed by atoms with E-state index in [1.807, 2.05) is 7.05 Å². The molecule has 1 aromatic carbocycles. The molecule has 1 saturated carbocycles. The zero-order chi connectivity index (χ0) is 20.0. The molecule has 28 heavy (non-hydrogen) atoms. The molecule has 5 heteroatoms. The molecule has 4 nitrogen and oxygen atoms in total. The van der Waals surface area contributed by atoms with E-state index in [2.05, 4.69) is 64.0 Å². The lowest BCUT2D eigenvalue weighted by Crippen LogP contribution is -2.38. The van der Waals surface area contributed by atoms with Crippen LogP contribution in [0.1, 0.15) is 51.2 Å². The van der Waals surface area contributed by atoms with Gasteiger partial charge in [0, 0.05) is 20.1 Å². The Hall–Kier alpha value is -1.10. The lowest BCUT2D eigenvalue weighted by molar-refractivity contribution is -0.140. The first-order chi connectivity index (χ1) is 12.8. The number of rotatable bonds is 8. The summed E-state index contributed by atoms with van der Waals surface area (Å²) in [5.41, 5.74) is 2.43. The van der Waals surface area contributed by atoms with Crippen molar-refractivity contribution in [3.8, 4) is 0 Å². The standard InChI is InChI=1S/C23H38N2O2.ClH/c1-17(2)21-11-10-18(3)12-22(21)27-16-23(26)25(6)15-20-9-7-8-19(13-20)14-24(4)5;/h7-9,13,17-18,21-22H,10-12,14-16H2,1-6H3;1H/t18-,21+,22-;/m1./s1. The number of ether oxygens (including phenoxy) is 1. The van der Waals surface area contributed by atoms with Crippen LogP contribution < -0.4 is 0 Å². The molecule has 0 aliphatic heterocycles. The monoisotopic (exact) mass is 410 g/mol. The smallest absolute Gasteiger partial charge is 0.248 e. The van der Waals surface area contributed by atoms with Gasteiger partial charge in [0.2, 0.25) is 5.91 Å². The molecule has 0 radical (unpaired) electrons. The number of benzene rings is 1. The van der Waals surface area contributed by atoms with E-state index in [4.69, 9.17) is 4.74 Å². The number of hydrogen-bond acceptors (Lipinski definition) is 3. The summed E-state index contributed by atoms with van der Waals surface area (Å²) in [7, 11) is 6.00. The SMILES string of the molecule is CC(C)[C@@H]1CC[C@@H](C)C[C@H]1OCC(=O)N(C)Cc1cccc(CN(C)C)c1.Cl. The van der Waals surface area contributed by atoms with E-state index in [1.165, 1.54) is 18.4 Å². The second-order valence-electron chi connectivity index (χ2n) is 8.98. The molecule has 0 aromatic heterocycles. The molecule has 160 valence electrons. The predicted octanol–water partition coefficient (Wildman–Crippen LogP) is 4.61. The molecule has 0 saturated heterocycles. The van der Waals surface area contributed by atoms with Crippen LogP contribution in [0.3, 0.4) is 0 Å². The minimum absolute atomic E-state index is 0. The molecule has 0 N–H and O–H groups in total. The summed E-state index contributed by atoms with van der Waals surface area (Å²) in [6.07, 6.45) is 3.79. The zero-order valence-electron chi connectivity index (χ0n) is 18.5. The molecule has 1 aliphatic rings. The molecule has 0 heterocycles. The molecule has 1 aromatic rings. The molecule has 0 spiro atoms. The normalized spacial score (nSPS) is 22.2. The minimum atomic E-state index is 0. The molecule has 1 fully saturated rings. The van der Waals surface area contributed by atoms with Crippen molar-refractivity contribution in [2.45, 2.75) is 59.2 Å². The number of halogens is 1. The summed E-state index contributed by atoms with van der Waals surface area (Å²) < 4.78 is 6.13. The summed E-state index contributed by atoms with van der Waals surface area (Å²) in [6.45, 7) is 8.55. The van der Waals surface area contributed by atoms with Gasteiger partial charge in [0.05, 0.1) is 6.10 Å². The van der Waals surface area contributed by atoms with Gasteiger partial charge in [0.1, 0.15) is 6.61 Å². The maximum atomic E-state index is 12.6. The van der Waals surface area contributed by atoms with Crippen LogP contribution in [0.25, 0.3) is 0 Å². The van der Waals surface area contributed by atoms with E-state index in [-0.39, 0.29) is 31.0 Å². The maximum Gasteiger partial charge on any atom is 0.248 e. The van der Waals surface area contributed by atoms with Crippen LogP contribution in [-0.4, -0.2) is 49.6 Å². The number of carbonyl (C=O) groups is 1. The highest BCUT2D eigenvalue weighted by Gasteiger charge is 2.31. The summed E-state index contributed by atoms with van der Waals surface area (Å²) in [5, 5.41) is 0. The second kappa shape index (κ2) is 11.8. The fraction of sp³-hybridized carbons (Fsp3) is 0.696. The molecule has 3 atom stereocenters. The molecule has 1 amide bonds. The van der Waals surface area contributed by atoms with Crippen LogP contribution in [0.15, 0.2) is 24.3 Å². The van der Waals surface area contributed by atoms with Gasteiger partial charge in [-0.1, -0.05) is 51.5 Å². The first kappa shape index (κ1) is 24.9. The Morgan fingerprint density at radius 1 is 1.14 bits per heavy atom. The Morgan fingerprint density at radius 3 is 2.39 bits per heavy atom. The van der Waals surface area contributed by atoms with Crippen LogP contribution in [-0.2, 0) is 22.6 Å². The first-order valence-corrected chi connectivity index (χ1v) is 10.3. The average molecular weight is 411 g/mol. The number of likely N-dealkylation sites (N-methyl/N-ethyl adjacent to an activating group) is 1. The van der Waals surface area contributed by atoms with E-state index in [1.54, 1.807) is 4.90 Å². The molecule has 0 bridgehead atoms. The Bertz CT molecular complexity index is 606. The molecule has 0 unspecified atom stereocenters. The van der Waals surface area contributed by atoms with Crippen LogP contribution in [0, 0.1) is 17.8 Å². The quantitative estimate of drug-likeness (QED) is 0.627. The van der Waals surface area contributed by atoms with E-state index in [0.29, 0.717) is 24.3 Å². The van der Waals surface area contributed by atoms with Crippen LogP contribution in [0.4, 0.5) is 0 Å². The zero-order valence-corrected chi connectivity index (χ0v) is 19.3. The predicted molar refractivity (Wildman–Crippen MR) is 119 cm³/mol. The van der Waals surface area contributed by atoms with E-state index in [0.717, 1.165) is 18.5 Å². The third kappa shape index (κ3) is 7.73. The third-order valence-corrected chi connectivity index (χ3v) is 5.72. The molecular formula is C23H39ClN2O2. The Labute approximate surface area is 178 Å². The van der Waals surface area contributed by atoms with Gasteiger partial charge in [0.25, 0.3) is 0 Å². The van der Waals surface area contributed by atoms with Gasteiger partial charge in [-0.15, -0.1) is 12.4 Å². The summed E-state index contributed by atoms with van der Waals surface area (Å²) in [6, 6.07) is 8.47. The fourth-order valence-electron chi connectivity index (χ4n) is 4.15. The lowest BCUT2D eigenvalue weighted by Gasteiger charge is -2.37. The van der Waals surface area contributed by atoms with Gasteiger partial charge in [-0.05, 0) is 55.8 Å². The lowest BCUT2D eigenvalue weighted by atomic mass is 9.75. The van der Waals surface area contributed by atoms with Crippen molar-refractivity contribution in [1.82, 2.24) is 9.80 Å². The van der Waals surface area contributed by atoms with Crippen molar-refractivity contribution in [2.75, 3.05) is 27.7 Å². The largest absolute Gasteiger partial charge is 0.368 e. The van der Waals surface area contributed by atoms with Crippen molar-refractivity contribution in [3.05, 3.63) is 35.4 Å². The van der Waals surface area contributed by atoms with Gasteiger partial charge in [0.15, 0.2) is 0 Å². The van der Waals surface area contributed by atoms with E-state index >= 15 is 0 Å². The number of nitrogens with zero attached hydrogens (tertiary/aromatic N) is 2. The number of hydrogen-bond donors (Lipinski definition) is 0. The molecular weight excluding hydrogens is 372 g/mol. The minimum Gasteiger partial charge on any atom is -0.368 e. The van der Waals surface area contributed by atoms with Gasteiger partial charge >= 0.3 is 0 Å². The van der Waals surface area contributed by atoms with Gasteiger partial charge in [-0.3, -0.25) is 4.79 Å². The maximum absolute atomic E-state index is 12.6. The number of amides is 1.